The van der Waals surface area contributed by atoms with Crippen molar-refractivity contribution in [2.75, 3.05) is 0 Å². The highest BCUT2D eigenvalue weighted by atomic mass is 28.4. The summed E-state index contributed by atoms with van der Waals surface area (Å²) in [6.45, 7) is 0. The fraction of sp³-hybridized carbons (Fsp3) is 0.222. The van der Waals surface area contributed by atoms with E-state index in [4.69, 9.17) is 0 Å². The summed E-state index contributed by atoms with van der Waals surface area (Å²) in [6.07, 6.45) is 5.22. The minimum Gasteiger partial charge on any atom is -0.435 e. The zero-order chi connectivity index (χ0) is 17.5. The van der Waals surface area contributed by atoms with Gasteiger partial charge in [0, 0.05) is 0 Å². The Bertz CT molecular complexity index is 837. The van der Waals surface area contributed by atoms with Gasteiger partial charge in [0.1, 0.15) is 0 Å². The summed E-state index contributed by atoms with van der Waals surface area (Å²) < 4.78 is 13.4. The molecule has 0 N–H and O–H groups in total. The standard InChI is InChI=1S/C18H16.O3Si4/c1-3-7-15-13(5-1)9-11-18-16-8-4-2-6-14(16)10-12-17(15)18;4-1-6-3-7-2-5/h1,3,5,7,9-12H,2,4,6,8H2;. The summed E-state index contributed by atoms with van der Waals surface area (Å²) in [7, 11) is 5.47. The molecule has 3 aromatic rings. The third-order valence-electron chi connectivity index (χ3n) is 4.42. The molecule has 0 unspecified atom stereocenters. The first-order valence-corrected chi connectivity index (χ1v) is 10.5. The van der Waals surface area contributed by atoms with Gasteiger partial charge in [-0.25, -0.2) is 0 Å². The average Bonchev–Trinajstić information content (AvgIpc) is 2.68. The van der Waals surface area contributed by atoms with E-state index in [0.717, 1.165) is 0 Å². The molecule has 122 valence electrons. The van der Waals surface area contributed by atoms with Gasteiger partial charge < -0.3 is 12.3 Å². The second-order valence-electron chi connectivity index (χ2n) is 5.77. The molecule has 0 aliphatic heterocycles. The Morgan fingerprint density at radius 1 is 0.720 bits per heavy atom. The predicted octanol–water partition coefficient (Wildman–Crippen LogP) is 3.14. The number of aryl methyl sites for hydroxylation is 2. The van der Waals surface area contributed by atoms with Crippen molar-refractivity contribution in [3.8, 4) is 0 Å². The molecule has 0 atom stereocenters. The van der Waals surface area contributed by atoms with Crippen LogP contribution in [0, 0.1) is 0 Å². The van der Waals surface area contributed by atoms with Gasteiger partial charge in [-0.3, -0.25) is 0 Å². The lowest BCUT2D eigenvalue weighted by Gasteiger charge is -2.18. The van der Waals surface area contributed by atoms with Gasteiger partial charge in [-0.1, -0.05) is 48.5 Å². The summed E-state index contributed by atoms with van der Waals surface area (Å²) >= 11 is 0. The molecule has 0 spiro atoms. The normalized spacial score (nSPS) is 13.4. The van der Waals surface area contributed by atoms with Crippen molar-refractivity contribution < 1.29 is 12.3 Å². The van der Waals surface area contributed by atoms with E-state index in [-0.39, 0.29) is 20.0 Å². The molecule has 0 saturated carbocycles. The van der Waals surface area contributed by atoms with Crippen molar-refractivity contribution in [3.05, 3.63) is 59.7 Å². The lowest BCUT2D eigenvalue weighted by Crippen LogP contribution is -2.08. The minimum absolute atomic E-state index is 0.00849. The van der Waals surface area contributed by atoms with Gasteiger partial charge in [0.25, 0.3) is 0 Å². The Labute approximate surface area is 160 Å². The van der Waals surface area contributed by atoms with Gasteiger partial charge in [0.05, 0.1) is 0 Å². The summed E-state index contributed by atoms with van der Waals surface area (Å²) in [6, 6.07) is 18.0. The molecule has 3 nitrogen and oxygen atoms in total. The molecule has 1 aliphatic carbocycles. The van der Waals surface area contributed by atoms with Crippen LogP contribution < -0.4 is 0 Å². The van der Waals surface area contributed by atoms with Crippen molar-refractivity contribution in [2.45, 2.75) is 25.7 Å². The largest absolute Gasteiger partial charge is 0.435 e. The van der Waals surface area contributed by atoms with Crippen LogP contribution in [0.3, 0.4) is 0 Å². The first-order chi connectivity index (χ1) is 12.3. The maximum absolute atomic E-state index is 4.65. The van der Waals surface area contributed by atoms with E-state index in [1.807, 2.05) is 0 Å². The molecule has 4 rings (SSSR count). The fourth-order valence-electron chi connectivity index (χ4n) is 3.40. The molecule has 25 heavy (non-hydrogen) atoms. The number of rotatable bonds is 4. The Kier molecular flexibility index (Phi) is 7.17. The van der Waals surface area contributed by atoms with Crippen LogP contribution in [-0.2, 0) is 25.2 Å². The molecular weight excluding hydrogens is 377 g/mol. The molecule has 10 radical (unpaired) electrons. The van der Waals surface area contributed by atoms with Crippen LogP contribution >= 0.6 is 0 Å². The average molecular weight is 393 g/mol. The van der Waals surface area contributed by atoms with Crippen LogP contribution in [0.2, 0.25) is 0 Å². The third-order valence-corrected chi connectivity index (χ3v) is 5.76. The molecule has 0 saturated heterocycles. The van der Waals surface area contributed by atoms with Crippen molar-refractivity contribution in [3.63, 3.8) is 0 Å². The van der Waals surface area contributed by atoms with E-state index in [1.54, 1.807) is 11.1 Å². The summed E-state index contributed by atoms with van der Waals surface area (Å²) in [5.41, 5.74) is 3.17. The monoisotopic (exact) mass is 392 g/mol. The van der Waals surface area contributed by atoms with E-state index < -0.39 is 0 Å². The molecule has 1 aliphatic rings. The summed E-state index contributed by atoms with van der Waals surface area (Å²) in [5.74, 6) is 0. The van der Waals surface area contributed by atoms with Crippen LogP contribution in [-0.4, -0.2) is 41.0 Å². The van der Waals surface area contributed by atoms with Gasteiger partial charge in [-0.2, -0.15) is 0 Å². The van der Waals surface area contributed by atoms with Crippen molar-refractivity contribution in [2.24, 2.45) is 0 Å². The Morgan fingerprint density at radius 2 is 1.44 bits per heavy atom. The first-order valence-electron chi connectivity index (χ1n) is 8.08. The van der Waals surface area contributed by atoms with E-state index in [2.05, 4.69) is 81.8 Å². The summed E-state index contributed by atoms with van der Waals surface area (Å²) in [5, 5.41) is 5.64. The topological polar surface area (TPSA) is 27.7 Å². The zero-order valence-corrected chi connectivity index (χ0v) is 17.7. The predicted molar refractivity (Wildman–Crippen MR) is 104 cm³/mol. The van der Waals surface area contributed by atoms with Gasteiger partial charge in [-0.05, 0) is 58.4 Å². The lowest BCUT2D eigenvalue weighted by atomic mass is 9.86. The molecule has 3 aromatic carbocycles. The van der Waals surface area contributed by atoms with E-state index >= 15 is 0 Å². The third kappa shape index (κ3) is 4.56. The maximum atomic E-state index is 4.65. The minimum atomic E-state index is -0.00849. The molecule has 0 amide bonds. The second kappa shape index (κ2) is 9.58. The van der Waals surface area contributed by atoms with Gasteiger partial charge >= 0.3 is 20.0 Å². The molecule has 0 fully saturated rings. The smallest absolute Gasteiger partial charge is 0.411 e. The first kappa shape index (κ1) is 18.7. The number of fused-ring (bicyclic) bond motifs is 5. The zero-order valence-electron chi connectivity index (χ0n) is 13.7. The Balaban J connectivity index is 0.000000225. The fourth-order valence-corrected chi connectivity index (χ4v) is 4.62. The molecule has 0 aromatic heterocycles. The maximum Gasteiger partial charge on any atom is 0.411 e. The number of hydrogen-bond acceptors (Lipinski definition) is 3. The van der Waals surface area contributed by atoms with E-state index in [1.165, 1.54) is 47.2 Å². The van der Waals surface area contributed by atoms with Crippen molar-refractivity contribution >= 4 is 62.5 Å². The van der Waals surface area contributed by atoms with E-state index in [9.17, 15) is 0 Å². The van der Waals surface area contributed by atoms with Crippen LogP contribution in [0.4, 0.5) is 0 Å². The number of hydrogen-bond donors (Lipinski definition) is 0. The highest BCUT2D eigenvalue weighted by Crippen LogP contribution is 2.33. The van der Waals surface area contributed by atoms with Crippen LogP contribution in [0.1, 0.15) is 24.0 Å². The highest BCUT2D eigenvalue weighted by molar-refractivity contribution is 6.40. The molecular formula is C18H16O3Si4. The molecule has 0 bridgehead atoms. The van der Waals surface area contributed by atoms with E-state index in [0.29, 0.717) is 0 Å². The Hall–Kier alpha value is -1.07. The van der Waals surface area contributed by atoms with Crippen molar-refractivity contribution in [1.82, 2.24) is 0 Å². The second-order valence-corrected chi connectivity index (χ2v) is 8.55. The number of benzene rings is 3. The van der Waals surface area contributed by atoms with Gasteiger partial charge in [0.2, 0.25) is 21.0 Å². The molecule has 7 heteroatoms. The Morgan fingerprint density at radius 3 is 2.24 bits per heavy atom. The quantitative estimate of drug-likeness (QED) is 0.388. The SMILES string of the molecule is [Si]O[Si]O[Si]O[Si].c1ccc2c(c1)ccc1c3c(ccc12)CCCC3. The summed E-state index contributed by atoms with van der Waals surface area (Å²) in [4.78, 5) is 0. The van der Waals surface area contributed by atoms with Crippen LogP contribution in [0.5, 0.6) is 0 Å². The molecule has 0 heterocycles. The van der Waals surface area contributed by atoms with Gasteiger partial charge in [0.15, 0.2) is 0 Å². The van der Waals surface area contributed by atoms with Crippen molar-refractivity contribution in [1.29, 1.82) is 0 Å². The van der Waals surface area contributed by atoms with Crippen LogP contribution in [0.25, 0.3) is 21.5 Å². The van der Waals surface area contributed by atoms with Crippen LogP contribution in [0.15, 0.2) is 48.5 Å². The lowest BCUT2D eigenvalue weighted by molar-refractivity contribution is 0.443. The van der Waals surface area contributed by atoms with Gasteiger partial charge in [-0.15, -0.1) is 0 Å². The highest BCUT2D eigenvalue weighted by Gasteiger charge is 2.13.